The highest BCUT2D eigenvalue weighted by Crippen LogP contribution is 2.49. The number of phenolic OH excluding ortho intramolecular Hbond substituents is 1. The van der Waals surface area contributed by atoms with Gasteiger partial charge in [-0.15, -0.1) is 0 Å². The van der Waals surface area contributed by atoms with Crippen LogP contribution in [-0.2, 0) is 9.53 Å². The summed E-state index contributed by atoms with van der Waals surface area (Å²) in [5.74, 6) is 1.18. The van der Waals surface area contributed by atoms with Gasteiger partial charge >= 0.3 is 5.97 Å². The van der Waals surface area contributed by atoms with E-state index in [1.807, 2.05) is 19.1 Å². The van der Waals surface area contributed by atoms with E-state index in [-0.39, 0.29) is 48.6 Å². The first kappa shape index (κ1) is 20.0. The molecule has 1 fully saturated rings. The number of fused-ring (bicyclic) bond motifs is 1. The summed E-state index contributed by atoms with van der Waals surface area (Å²) in [6, 6.07) is 7.16. The zero-order chi connectivity index (χ0) is 21.4. The van der Waals surface area contributed by atoms with E-state index in [0.717, 1.165) is 11.1 Å². The van der Waals surface area contributed by atoms with E-state index in [4.69, 9.17) is 28.4 Å². The molecule has 0 spiro atoms. The number of methoxy groups -OCH3 is 3. The third-order valence-corrected chi connectivity index (χ3v) is 5.74. The van der Waals surface area contributed by atoms with Gasteiger partial charge in [-0.05, 0) is 35.4 Å². The molecule has 2 aliphatic heterocycles. The lowest BCUT2D eigenvalue weighted by Crippen LogP contribution is -2.21. The number of cyclic esters (lactones) is 1. The third kappa shape index (κ3) is 3.22. The van der Waals surface area contributed by atoms with Crippen molar-refractivity contribution in [1.29, 1.82) is 0 Å². The Balaban J connectivity index is 1.89. The van der Waals surface area contributed by atoms with E-state index in [0.29, 0.717) is 23.0 Å². The Morgan fingerprint density at radius 2 is 1.67 bits per heavy atom. The van der Waals surface area contributed by atoms with E-state index >= 15 is 0 Å². The average molecular weight is 416 g/mol. The number of carbonyl (C=O) groups is 1. The fraction of sp³-hybridized carbons (Fsp3) is 0.409. The summed E-state index contributed by atoms with van der Waals surface area (Å²) in [6.07, 6.45) is 0. The Bertz CT molecular complexity index is 970. The van der Waals surface area contributed by atoms with Gasteiger partial charge in [-0.3, -0.25) is 4.79 Å². The molecule has 0 bridgehead atoms. The van der Waals surface area contributed by atoms with Crippen LogP contribution < -0.4 is 23.7 Å². The van der Waals surface area contributed by atoms with Gasteiger partial charge in [0.2, 0.25) is 18.3 Å². The smallest absolute Gasteiger partial charge is 0.309 e. The van der Waals surface area contributed by atoms with Crippen molar-refractivity contribution in [1.82, 2.24) is 0 Å². The fourth-order valence-electron chi connectivity index (χ4n) is 4.17. The monoisotopic (exact) mass is 416 g/mol. The van der Waals surface area contributed by atoms with Crippen LogP contribution in [0.15, 0.2) is 24.3 Å². The van der Waals surface area contributed by atoms with Crippen molar-refractivity contribution in [3.05, 3.63) is 35.4 Å². The van der Waals surface area contributed by atoms with Gasteiger partial charge in [0, 0.05) is 11.8 Å². The number of phenols is 1. The highest BCUT2D eigenvalue weighted by atomic mass is 16.7. The number of benzene rings is 2. The van der Waals surface area contributed by atoms with Crippen LogP contribution in [0, 0.1) is 11.8 Å². The molecule has 2 aliphatic rings. The lowest BCUT2D eigenvalue weighted by molar-refractivity contribution is -0.140. The van der Waals surface area contributed by atoms with E-state index in [2.05, 4.69) is 0 Å². The van der Waals surface area contributed by atoms with Gasteiger partial charge in [0.25, 0.3) is 0 Å². The largest absolute Gasteiger partial charge is 0.504 e. The number of rotatable bonds is 6. The predicted molar refractivity (Wildman–Crippen MR) is 106 cm³/mol. The van der Waals surface area contributed by atoms with Gasteiger partial charge in [-0.25, -0.2) is 0 Å². The number of hydrogen-bond donors (Lipinski definition) is 1. The molecule has 0 radical (unpaired) electrons. The summed E-state index contributed by atoms with van der Waals surface area (Å²) in [6.45, 7) is 2.22. The molecule has 0 saturated carbocycles. The molecule has 2 aromatic rings. The molecule has 0 amide bonds. The summed E-state index contributed by atoms with van der Waals surface area (Å²) in [7, 11) is 4.52. The average Bonchev–Trinajstić information content (AvgIpc) is 3.35. The Kier molecular flexibility index (Phi) is 5.24. The second-order valence-electron chi connectivity index (χ2n) is 7.29. The van der Waals surface area contributed by atoms with Crippen molar-refractivity contribution >= 4 is 5.97 Å². The van der Waals surface area contributed by atoms with Crippen LogP contribution in [0.1, 0.15) is 24.0 Å². The predicted octanol–water partition coefficient (Wildman–Crippen LogP) is 3.09. The zero-order valence-corrected chi connectivity index (χ0v) is 17.3. The molecule has 8 heteroatoms. The van der Waals surface area contributed by atoms with Crippen LogP contribution in [0.5, 0.6) is 34.5 Å². The normalized spacial score (nSPS) is 20.6. The molecular formula is C22H24O8. The van der Waals surface area contributed by atoms with Crippen LogP contribution in [0.4, 0.5) is 0 Å². The standard InChI is InChI=1S/C22H24O8/c1-11-14(9-28-22(11)24)19(12-5-15(23)20(27-4)16(6-12)25-2)13-7-17(26-3)21-18(8-13)29-10-30-21/h5-8,11,14,19,23H,9-10H2,1-4H3/t11-,14+,19?/m0/s1. The van der Waals surface area contributed by atoms with E-state index < -0.39 is 0 Å². The van der Waals surface area contributed by atoms with Gasteiger partial charge in [-0.1, -0.05) is 6.92 Å². The molecule has 0 aliphatic carbocycles. The maximum atomic E-state index is 12.2. The number of ether oxygens (including phenoxy) is 6. The lowest BCUT2D eigenvalue weighted by atomic mass is 9.76. The van der Waals surface area contributed by atoms with Crippen molar-refractivity contribution in [3.8, 4) is 34.5 Å². The zero-order valence-electron chi connectivity index (χ0n) is 17.3. The van der Waals surface area contributed by atoms with Crippen molar-refractivity contribution in [2.75, 3.05) is 34.7 Å². The maximum absolute atomic E-state index is 12.2. The Morgan fingerprint density at radius 1 is 0.967 bits per heavy atom. The number of carbonyl (C=O) groups excluding carboxylic acids is 1. The topological polar surface area (TPSA) is 92.7 Å². The van der Waals surface area contributed by atoms with Gasteiger partial charge in [0.15, 0.2) is 23.0 Å². The first-order valence-electron chi connectivity index (χ1n) is 9.57. The van der Waals surface area contributed by atoms with Crippen LogP contribution in [-0.4, -0.2) is 45.8 Å². The lowest BCUT2D eigenvalue weighted by Gasteiger charge is -2.27. The molecule has 160 valence electrons. The summed E-state index contributed by atoms with van der Waals surface area (Å²) < 4.78 is 32.6. The van der Waals surface area contributed by atoms with Crippen molar-refractivity contribution in [2.45, 2.75) is 12.8 Å². The minimum absolute atomic E-state index is 0.0533. The highest BCUT2D eigenvalue weighted by molar-refractivity contribution is 5.75. The number of aromatic hydroxyl groups is 1. The molecule has 2 aromatic carbocycles. The maximum Gasteiger partial charge on any atom is 0.309 e. The molecule has 1 saturated heterocycles. The second kappa shape index (κ2) is 7.85. The van der Waals surface area contributed by atoms with E-state index in [9.17, 15) is 9.90 Å². The third-order valence-electron chi connectivity index (χ3n) is 5.74. The number of hydrogen-bond acceptors (Lipinski definition) is 8. The van der Waals surface area contributed by atoms with Gasteiger partial charge in [-0.2, -0.15) is 0 Å². The van der Waals surface area contributed by atoms with Crippen LogP contribution in [0.2, 0.25) is 0 Å². The molecular weight excluding hydrogens is 392 g/mol. The molecule has 30 heavy (non-hydrogen) atoms. The molecule has 1 unspecified atom stereocenters. The number of esters is 1. The summed E-state index contributed by atoms with van der Waals surface area (Å²) in [5, 5.41) is 10.5. The summed E-state index contributed by atoms with van der Waals surface area (Å²) >= 11 is 0. The SMILES string of the molecule is COc1cc(C(c2cc(OC)c3c(c2)OCO3)[C@@H]2COC(=O)[C@H]2C)cc(O)c1OC. The highest BCUT2D eigenvalue weighted by Gasteiger charge is 2.41. The quantitative estimate of drug-likeness (QED) is 0.719. The summed E-state index contributed by atoms with van der Waals surface area (Å²) in [4.78, 5) is 12.2. The minimum atomic E-state index is -0.332. The Hall–Kier alpha value is -3.29. The van der Waals surface area contributed by atoms with E-state index in [1.54, 1.807) is 19.2 Å². The van der Waals surface area contributed by atoms with Gasteiger partial charge < -0.3 is 33.5 Å². The Morgan fingerprint density at radius 3 is 2.30 bits per heavy atom. The van der Waals surface area contributed by atoms with Crippen LogP contribution in [0.3, 0.4) is 0 Å². The minimum Gasteiger partial charge on any atom is -0.504 e. The Labute approximate surface area is 174 Å². The van der Waals surface area contributed by atoms with E-state index in [1.165, 1.54) is 14.2 Å². The second-order valence-corrected chi connectivity index (χ2v) is 7.29. The van der Waals surface area contributed by atoms with Crippen molar-refractivity contribution < 1.29 is 38.3 Å². The molecule has 3 atom stereocenters. The summed E-state index contributed by atoms with van der Waals surface area (Å²) in [5.41, 5.74) is 1.60. The van der Waals surface area contributed by atoms with Crippen molar-refractivity contribution in [2.24, 2.45) is 11.8 Å². The molecule has 4 rings (SSSR count). The van der Waals surface area contributed by atoms with Crippen LogP contribution >= 0.6 is 0 Å². The first-order chi connectivity index (χ1) is 14.5. The van der Waals surface area contributed by atoms with Crippen LogP contribution in [0.25, 0.3) is 0 Å². The van der Waals surface area contributed by atoms with Gasteiger partial charge in [0.1, 0.15) is 0 Å². The van der Waals surface area contributed by atoms with Crippen molar-refractivity contribution in [3.63, 3.8) is 0 Å². The molecule has 0 aromatic heterocycles. The molecule has 2 heterocycles. The molecule has 1 N–H and O–H groups in total. The fourth-order valence-corrected chi connectivity index (χ4v) is 4.17. The molecule has 8 nitrogen and oxygen atoms in total. The first-order valence-corrected chi connectivity index (χ1v) is 9.57. The van der Waals surface area contributed by atoms with Gasteiger partial charge in [0.05, 0.1) is 33.9 Å².